The van der Waals surface area contributed by atoms with E-state index in [0.717, 1.165) is 38.6 Å². The summed E-state index contributed by atoms with van der Waals surface area (Å²) in [4.78, 5) is 24.1. The third-order valence-corrected chi connectivity index (χ3v) is 5.71. The predicted octanol–water partition coefficient (Wildman–Crippen LogP) is 1.52. The molecule has 1 saturated heterocycles. The number of nitrogens with one attached hydrogen (secondary N) is 2. The Hall–Kier alpha value is -1.10. The van der Waals surface area contributed by atoms with Gasteiger partial charge in [0.1, 0.15) is 6.04 Å². The quantitative estimate of drug-likeness (QED) is 0.734. The van der Waals surface area contributed by atoms with Gasteiger partial charge in [-0.25, -0.2) is 4.79 Å². The summed E-state index contributed by atoms with van der Waals surface area (Å²) in [6.07, 6.45) is 8.68. The Labute approximate surface area is 125 Å². The van der Waals surface area contributed by atoms with Crippen molar-refractivity contribution < 1.29 is 14.7 Å². The number of rotatable bonds is 4. The number of carboxylic acid groups (broad SMARTS) is 1. The molecule has 4 atom stereocenters. The summed E-state index contributed by atoms with van der Waals surface area (Å²) < 4.78 is 0. The molecule has 5 nitrogen and oxygen atoms in total. The van der Waals surface area contributed by atoms with Gasteiger partial charge in [0.15, 0.2) is 0 Å². The van der Waals surface area contributed by atoms with Crippen LogP contribution >= 0.6 is 0 Å². The molecule has 3 aliphatic rings. The van der Waals surface area contributed by atoms with E-state index in [-0.39, 0.29) is 17.9 Å². The number of carbonyl (C=O) groups is 2. The second-order valence-corrected chi connectivity index (χ2v) is 6.96. The molecule has 2 saturated carbocycles. The zero-order chi connectivity index (χ0) is 14.8. The first-order valence-electron chi connectivity index (χ1n) is 8.43. The van der Waals surface area contributed by atoms with Crippen LogP contribution in [0.2, 0.25) is 0 Å². The standard InChI is InChI=1S/C16H26N2O3/c19-15(14-12-8-4-7-11(12)9-17-14)18-13(16(20)21)10-5-2-1-3-6-10/h10-14,17H,1-9H2,(H,18,19)(H,20,21). The Morgan fingerprint density at radius 2 is 1.81 bits per heavy atom. The Kier molecular flexibility index (Phi) is 4.48. The average molecular weight is 294 g/mol. The lowest BCUT2D eigenvalue weighted by Crippen LogP contribution is -2.53. The molecule has 21 heavy (non-hydrogen) atoms. The van der Waals surface area contributed by atoms with E-state index in [1.807, 2.05) is 0 Å². The minimum atomic E-state index is -0.879. The van der Waals surface area contributed by atoms with Crippen molar-refractivity contribution in [1.82, 2.24) is 10.6 Å². The lowest BCUT2D eigenvalue weighted by atomic mass is 9.83. The molecule has 0 spiro atoms. The normalized spacial score (nSPS) is 34.4. The summed E-state index contributed by atoms with van der Waals surface area (Å²) in [5.41, 5.74) is 0. The zero-order valence-electron chi connectivity index (χ0n) is 12.5. The van der Waals surface area contributed by atoms with Gasteiger partial charge in [-0.2, -0.15) is 0 Å². The summed E-state index contributed by atoms with van der Waals surface area (Å²) >= 11 is 0. The largest absolute Gasteiger partial charge is 0.480 e. The molecule has 1 heterocycles. The molecule has 3 rings (SSSR count). The highest BCUT2D eigenvalue weighted by molar-refractivity contribution is 5.87. The fourth-order valence-corrected chi connectivity index (χ4v) is 4.57. The predicted molar refractivity (Wildman–Crippen MR) is 78.8 cm³/mol. The van der Waals surface area contributed by atoms with Gasteiger partial charge in [-0.3, -0.25) is 4.79 Å². The molecule has 0 aromatic heterocycles. The number of hydrogen-bond acceptors (Lipinski definition) is 3. The van der Waals surface area contributed by atoms with Gasteiger partial charge in [-0.1, -0.05) is 25.7 Å². The highest BCUT2D eigenvalue weighted by Crippen LogP contribution is 2.38. The summed E-state index contributed by atoms with van der Waals surface area (Å²) in [7, 11) is 0. The Bertz CT molecular complexity index is 406. The molecular weight excluding hydrogens is 268 g/mol. The lowest BCUT2D eigenvalue weighted by molar-refractivity contribution is -0.144. The van der Waals surface area contributed by atoms with Gasteiger partial charge in [0.2, 0.25) is 5.91 Å². The number of fused-ring (bicyclic) bond motifs is 1. The first-order valence-corrected chi connectivity index (χ1v) is 8.43. The Balaban J connectivity index is 1.62. The summed E-state index contributed by atoms with van der Waals surface area (Å²) in [5.74, 6) is 0.143. The molecule has 0 radical (unpaired) electrons. The first-order chi connectivity index (χ1) is 10.2. The van der Waals surface area contributed by atoms with Gasteiger partial charge in [0.25, 0.3) is 0 Å². The van der Waals surface area contributed by atoms with Gasteiger partial charge in [0.05, 0.1) is 6.04 Å². The van der Waals surface area contributed by atoms with Crippen molar-refractivity contribution in [2.45, 2.75) is 63.5 Å². The van der Waals surface area contributed by atoms with E-state index in [0.29, 0.717) is 11.8 Å². The number of carboxylic acids is 1. The number of aliphatic carboxylic acids is 1. The van der Waals surface area contributed by atoms with E-state index in [2.05, 4.69) is 10.6 Å². The van der Waals surface area contributed by atoms with Crippen LogP contribution in [0.3, 0.4) is 0 Å². The van der Waals surface area contributed by atoms with Gasteiger partial charge >= 0.3 is 5.97 Å². The second kappa shape index (κ2) is 6.34. The molecule has 0 bridgehead atoms. The SMILES string of the molecule is O=C(O)C(NC(=O)C1NCC2CCCC21)C1CCCCC1. The monoisotopic (exact) mass is 294 g/mol. The molecule has 118 valence electrons. The third-order valence-electron chi connectivity index (χ3n) is 5.71. The fraction of sp³-hybridized carbons (Fsp3) is 0.875. The van der Waals surface area contributed by atoms with E-state index >= 15 is 0 Å². The highest BCUT2D eigenvalue weighted by Gasteiger charge is 2.43. The topological polar surface area (TPSA) is 78.4 Å². The number of hydrogen-bond donors (Lipinski definition) is 3. The summed E-state index contributed by atoms with van der Waals surface area (Å²) in [5, 5.41) is 15.6. The van der Waals surface area contributed by atoms with E-state index in [1.54, 1.807) is 0 Å². The second-order valence-electron chi connectivity index (χ2n) is 6.96. The molecule has 4 unspecified atom stereocenters. The van der Waals surface area contributed by atoms with Crippen molar-refractivity contribution in [3.05, 3.63) is 0 Å². The molecule has 2 aliphatic carbocycles. The average Bonchev–Trinajstić information content (AvgIpc) is 3.07. The maximum absolute atomic E-state index is 12.5. The van der Waals surface area contributed by atoms with Gasteiger partial charge in [-0.05, 0) is 50.0 Å². The van der Waals surface area contributed by atoms with Crippen LogP contribution in [0.4, 0.5) is 0 Å². The van der Waals surface area contributed by atoms with Crippen molar-refractivity contribution >= 4 is 11.9 Å². The number of amides is 1. The van der Waals surface area contributed by atoms with Crippen molar-refractivity contribution in [1.29, 1.82) is 0 Å². The van der Waals surface area contributed by atoms with Crippen LogP contribution in [0.25, 0.3) is 0 Å². The number of carbonyl (C=O) groups excluding carboxylic acids is 1. The Morgan fingerprint density at radius 1 is 1.05 bits per heavy atom. The van der Waals surface area contributed by atoms with Crippen LogP contribution in [-0.2, 0) is 9.59 Å². The van der Waals surface area contributed by atoms with Crippen molar-refractivity contribution in [3.63, 3.8) is 0 Å². The van der Waals surface area contributed by atoms with E-state index in [9.17, 15) is 14.7 Å². The van der Waals surface area contributed by atoms with Crippen molar-refractivity contribution in [2.75, 3.05) is 6.54 Å². The van der Waals surface area contributed by atoms with Crippen LogP contribution in [0.5, 0.6) is 0 Å². The Morgan fingerprint density at radius 3 is 2.52 bits per heavy atom. The molecule has 3 N–H and O–H groups in total. The van der Waals surface area contributed by atoms with Crippen LogP contribution in [0.15, 0.2) is 0 Å². The molecule has 5 heteroatoms. The lowest BCUT2D eigenvalue weighted by Gasteiger charge is -2.29. The van der Waals surface area contributed by atoms with Crippen molar-refractivity contribution in [2.24, 2.45) is 17.8 Å². The fourth-order valence-electron chi connectivity index (χ4n) is 4.57. The van der Waals surface area contributed by atoms with Gasteiger partial charge in [0, 0.05) is 0 Å². The van der Waals surface area contributed by atoms with E-state index < -0.39 is 12.0 Å². The maximum atomic E-state index is 12.5. The van der Waals surface area contributed by atoms with Crippen LogP contribution in [-0.4, -0.2) is 35.6 Å². The summed E-state index contributed by atoms with van der Waals surface area (Å²) in [6.45, 7) is 0.907. The molecule has 3 fully saturated rings. The minimum Gasteiger partial charge on any atom is -0.480 e. The van der Waals surface area contributed by atoms with Gasteiger partial charge < -0.3 is 15.7 Å². The first kappa shape index (κ1) is 14.8. The zero-order valence-corrected chi connectivity index (χ0v) is 12.5. The van der Waals surface area contributed by atoms with Crippen molar-refractivity contribution in [3.8, 4) is 0 Å². The maximum Gasteiger partial charge on any atom is 0.326 e. The minimum absolute atomic E-state index is 0.0950. The van der Waals surface area contributed by atoms with Crippen LogP contribution in [0.1, 0.15) is 51.4 Å². The van der Waals surface area contributed by atoms with E-state index in [4.69, 9.17) is 0 Å². The van der Waals surface area contributed by atoms with Crippen LogP contribution < -0.4 is 10.6 Å². The molecule has 0 aromatic rings. The smallest absolute Gasteiger partial charge is 0.326 e. The third kappa shape index (κ3) is 3.07. The summed E-state index contributed by atoms with van der Waals surface area (Å²) in [6, 6.07) is -0.886. The highest BCUT2D eigenvalue weighted by atomic mass is 16.4. The molecule has 1 amide bonds. The molecule has 0 aromatic carbocycles. The molecule has 1 aliphatic heterocycles. The van der Waals surface area contributed by atoms with Gasteiger partial charge in [-0.15, -0.1) is 0 Å². The molecular formula is C16H26N2O3. The van der Waals surface area contributed by atoms with E-state index in [1.165, 1.54) is 19.3 Å². The van der Waals surface area contributed by atoms with Crippen LogP contribution in [0, 0.1) is 17.8 Å².